The Morgan fingerprint density at radius 2 is 1.82 bits per heavy atom. The smallest absolute Gasteiger partial charge is 0.269 e. The maximum atomic E-state index is 12.4. The zero-order valence-electron chi connectivity index (χ0n) is 14.4. The number of thiazole rings is 1. The number of hydrogen-bond donors (Lipinski definition) is 2. The molecule has 2 aromatic carbocycles. The van der Waals surface area contributed by atoms with E-state index < -0.39 is 16.7 Å². The van der Waals surface area contributed by atoms with Crippen LogP contribution in [0.5, 0.6) is 0 Å². The number of benzene rings is 2. The summed E-state index contributed by atoms with van der Waals surface area (Å²) in [6, 6.07) is 10.4. The van der Waals surface area contributed by atoms with Gasteiger partial charge in [-0.15, -0.1) is 0 Å². The lowest BCUT2D eigenvalue weighted by Gasteiger charge is -2.08. The monoisotopic (exact) mass is 416 g/mol. The molecule has 0 bridgehead atoms. The first kappa shape index (κ1) is 19.5. The van der Waals surface area contributed by atoms with E-state index in [1.54, 1.807) is 12.1 Å². The molecule has 1 heterocycles. The molecule has 2 amide bonds. The standard InChI is InChI=1S/C18H13ClN4O4S/c1-10-3-2-4-13(19)15(10)21-17(25)14-9-20-18(28-14)22-16(24)11-5-7-12(8-6-11)23(26)27/h2-9H,1H3,(H,21,25)(H,20,22,24). The fraction of sp³-hybridized carbons (Fsp3) is 0.0556. The van der Waals surface area contributed by atoms with E-state index in [1.165, 1.54) is 30.5 Å². The molecule has 0 aliphatic carbocycles. The Hall–Kier alpha value is -3.30. The lowest BCUT2D eigenvalue weighted by Crippen LogP contribution is -2.12. The van der Waals surface area contributed by atoms with Gasteiger partial charge in [-0.2, -0.15) is 0 Å². The van der Waals surface area contributed by atoms with Crippen LogP contribution in [0.3, 0.4) is 0 Å². The van der Waals surface area contributed by atoms with Crippen LogP contribution < -0.4 is 10.6 Å². The van der Waals surface area contributed by atoms with Gasteiger partial charge in [0.15, 0.2) is 5.13 Å². The van der Waals surface area contributed by atoms with E-state index in [-0.39, 0.29) is 16.4 Å². The minimum absolute atomic E-state index is 0.111. The van der Waals surface area contributed by atoms with Crippen molar-refractivity contribution in [3.8, 4) is 0 Å². The van der Waals surface area contributed by atoms with Crippen LogP contribution in [0.25, 0.3) is 0 Å². The number of halogens is 1. The fourth-order valence-electron chi connectivity index (χ4n) is 2.31. The molecule has 3 rings (SSSR count). The van der Waals surface area contributed by atoms with E-state index in [1.807, 2.05) is 13.0 Å². The van der Waals surface area contributed by atoms with Gasteiger partial charge in [-0.3, -0.25) is 25.0 Å². The number of carbonyl (C=O) groups is 2. The van der Waals surface area contributed by atoms with Crippen LogP contribution in [0.15, 0.2) is 48.7 Å². The Labute approximate surface area is 168 Å². The van der Waals surface area contributed by atoms with Crippen LogP contribution in [0.1, 0.15) is 25.6 Å². The highest BCUT2D eigenvalue weighted by Gasteiger charge is 2.16. The summed E-state index contributed by atoms with van der Waals surface area (Å²) >= 11 is 7.10. The molecule has 3 aromatic rings. The Balaban J connectivity index is 1.69. The number of hydrogen-bond acceptors (Lipinski definition) is 6. The van der Waals surface area contributed by atoms with E-state index in [9.17, 15) is 19.7 Å². The molecule has 0 spiro atoms. The summed E-state index contributed by atoms with van der Waals surface area (Å²) < 4.78 is 0. The molecule has 0 saturated carbocycles. The third-order valence-electron chi connectivity index (χ3n) is 3.75. The van der Waals surface area contributed by atoms with Crippen LogP contribution in [0.2, 0.25) is 5.02 Å². The number of nitro benzene ring substituents is 1. The van der Waals surface area contributed by atoms with Gasteiger partial charge in [-0.05, 0) is 30.7 Å². The number of aromatic nitrogens is 1. The third kappa shape index (κ3) is 4.33. The first-order valence-electron chi connectivity index (χ1n) is 7.93. The number of carbonyl (C=O) groups excluding carboxylic acids is 2. The number of amides is 2. The summed E-state index contributed by atoms with van der Waals surface area (Å²) in [4.78, 5) is 39.1. The van der Waals surface area contributed by atoms with E-state index in [2.05, 4.69) is 15.6 Å². The number of para-hydroxylation sites is 1. The molecule has 0 aliphatic heterocycles. The molecule has 1 aromatic heterocycles. The van der Waals surface area contributed by atoms with E-state index >= 15 is 0 Å². The molecular formula is C18H13ClN4O4S. The predicted molar refractivity (Wildman–Crippen MR) is 107 cm³/mol. The van der Waals surface area contributed by atoms with Gasteiger partial charge in [0, 0.05) is 17.7 Å². The van der Waals surface area contributed by atoms with Crippen molar-refractivity contribution in [3.05, 3.63) is 79.8 Å². The number of non-ortho nitro benzene ring substituents is 1. The van der Waals surface area contributed by atoms with Gasteiger partial charge in [-0.1, -0.05) is 35.1 Å². The van der Waals surface area contributed by atoms with Gasteiger partial charge in [0.1, 0.15) is 4.88 Å². The van der Waals surface area contributed by atoms with Crippen molar-refractivity contribution >= 4 is 51.3 Å². The Kier molecular flexibility index (Phi) is 5.67. The number of aryl methyl sites for hydroxylation is 1. The highest BCUT2D eigenvalue weighted by molar-refractivity contribution is 7.17. The van der Waals surface area contributed by atoms with Gasteiger partial charge < -0.3 is 5.32 Å². The average Bonchev–Trinajstić information content (AvgIpc) is 3.13. The Bertz CT molecular complexity index is 1050. The van der Waals surface area contributed by atoms with Crippen LogP contribution in [-0.2, 0) is 0 Å². The fourth-order valence-corrected chi connectivity index (χ4v) is 3.28. The summed E-state index contributed by atoms with van der Waals surface area (Å²) in [5.74, 6) is -0.886. The maximum Gasteiger partial charge on any atom is 0.269 e. The normalized spacial score (nSPS) is 10.4. The lowest BCUT2D eigenvalue weighted by atomic mass is 10.2. The van der Waals surface area contributed by atoms with Gasteiger partial charge in [0.05, 0.1) is 21.8 Å². The number of anilines is 2. The Morgan fingerprint density at radius 1 is 1.11 bits per heavy atom. The van der Waals surface area contributed by atoms with Crippen molar-refractivity contribution in [2.45, 2.75) is 6.92 Å². The molecule has 0 aliphatic rings. The maximum absolute atomic E-state index is 12.4. The largest absolute Gasteiger partial charge is 0.320 e. The van der Waals surface area contributed by atoms with Crippen molar-refractivity contribution in [3.63, 3.8) is 0 Å². The van der Waals surface area contributed by atoms with Crippen molar-refractivity contribution in [2.75, 3.05) is 10.6 Å². The number of nitro groups is 1. The second kappa shape index (κ2) is 8.15. The molecule has 0 unspecified atom stereocenters. The summed E-state index contributed by atoms with van der Waals surface area (Å²) in [6.45, 7) is 1.82. The number of nitrogens with zero attached hydrogens (tertiary/aromatic N) is 2. The third-order valence-corrected chi connectivity index (χ3v) is 4.98. The zero-order valence-corrected chi connectivity index (χ0v) is 16.0. The van der Waals surface area contributed by atoms with Crippen molar-refractivity contribution in [1.29, 1.82) is 0 Å². The topological polar surface area (TPSA) is 114 Å². The predicted octanol–water partition coefficient (Wildman–Crippen LogP) is 4.52. The van der Waals surface area contributed by atoms with Crippen molar-refractivity contribution < 1.29 is 14.5 Å². The molecule has 0 saturated heterocycles. The minimum atomic E-state index is -0.548. The van der Waals surface area contributed by atoms with E-state index in [0.29, 0.717) is 15.6 Å². The molecule has 0 fully saturated rings. The van der Waals surface area contributed by atoms with E-state index in [4.69, 9.17) is 11.6 Å². The van der Waals surface area contributed by atoms with Crippen LogP contribution in [0.4, 0.5) is 16.5 Å². The molecular weight excluding hydrogens is 404 g/mol. The second-order valence-corrected chi connectivity index (χ2v) is 7.11. The first-order chi connectivity index (χ1) is 13.3. The van der Waals surface area contributed by atoms with Crippen molar-refractivity contribution in [2.24, 2.45) is 0 Å². The first-order valence-corrected chi connectivity index (χ1v) is 9.12. The van der Waals surface area contributed by atoms with Crippen LogP contribution in [0, 0.1) is 17.0 Å². The number of rotatable bonds is 5. The lowest BCUT2D eigenvalue weighted by molar-refractivity contribution is -0.384. The number of nitrogens with one attached hydrogen (secondary N) is 2. The summed E-state index contributed by atoms with van der Waals surface area (Å²) in [5.41, 5.74) is 1.45. The minimum Gasteiger partial charge on any atom is -0.320 e. The summed E-state index contributed by atoms with van der Waals surface area (Å²) in [5, 5.41) is 16.6. The second-order valence-electron chi connectivity index (χ2n) is 5.67. The molecule has 10 heteroatoms. The zero-order chi connectivity index (χ0) is 20.3. The van der Waals surface area contributed by atoms with Crippen molar-refractivity contribution in [1.82, 2.24) is 4.98 Å². The highest BCUT2D eigenvalue weighted by Crippen LogP contribution is 2.27. The van der Waals surface area contributed by atoms with Gasteiger partial charge in [0.25, 0.3) is 17.5 Å². The molecule has 0 radical (unpaired) electrons. The SMILES string of the molecule is Cc1cccc(Cl)c1NC(=O)c1cnc(NC(=O)c2ccc([N+](=O)[O-])cc2)s1. The molecule has 0 atom stereocenters. The van der Waals surface area contributed by atoms with Gasteiger partial charge in [-0.25, -0.2) is 4.98 Å². The van der Waals surface area contributed by atoms with E-state index in [0.717, 1.165) is 16.9 Å². The van der Waals surface area contributed by atoms with Gasteiger partial charge in [0.2, 0.25) is 0 Å². The summed E-state index contributed by atoms with van der Waals surface area (Å²) in [6.07, 6.45) is 1.34. The molecule has 2 N–H and O–H groups in total. The molecule has 28 heavy (non-hydrogen) atoms. The average molecular weight is 417 g/mol. The Morgan fingerprint density at radius 3 is 2.46 bits per heavy atom. The van der Waals surface area contributed by atoms with Crippen LogP contribution in [-0.4, -0.2) is 21.7 Å². The molecule has 142 valence electrons. The van der Waals surface area contributed by atoms with Crippen LogP contribution >= 0.6 is 22.9 Å². The summed E-state index contributed by atoms with van der Waals surface area (Å²) in [7, 11) is 0. The highest BCUT2D eigenvalue weighted by atomic mass is 35.5. The quantitative estimate of drug-likeness (QED) is 0.468. The van der Waals surface area contributed by atoms with Gasteiger partial charge >= 0.3 is 0 Å². The molecule has 8 nitrogen and oxygen atoms in total.